The van der Waals surface area contributed by atoms with Gasteiger partial charge in [0.05, 0.1) is 17.9 Å². The number of aryl methyl sites for hydroxylation is 1. The molecule has 0 atom stereocenters. The van der Waals surface area contributed by atoms with Crippen molar-refractivity contribution in [3.8, 4) is 0 Å². The Bertz CT molecular complexity index is 446. The predicted molar refractivity (Wildman–Crippen MR) is 81.3 cm³/mol. The van der Waals surface area contributed by atoms with Gasteiger partial charge < -0.3 is 15.4 Å². The van der Waals surface area contributed by atoms with E-state index in [0.717, 1.165) is 50.1 Å². The van der Waals surface area contributed by atoms with Crippen LogP contribution in [0.5, 0.6) is 0 Å². The summed E-state index contributed by atoms with van der Waals surface area (Å²) in [5, 5.41) is 6.26. The fourth-order valence-corrected chi connectivity index (χ4v) is 2.38. The van der Waals surface area contributed by atoms with E-state index in [-0.39, 0.29) is 5.91 Å². The average Bonchev–Trinajstić information content (AvgIpc) is 2.50. The number of ether oxygens (including phenoxy) is 1. The second kappa shape index (κ2) is 7.90. The number of unbranched alkanes of at least 4 members (excludes halogenated alkanes) is 1. The minimum absolute atomic E-state index is 0.0182. The van der Waals surface area contributed by atoms with Crippen molar-refractivity contribution in [1.82, 2.24) is 5.32 Å². The first kappa shape index (κ1) is 14.9. The molecule has 0 bridgehead atoms. The van der Waals surface area contributed by atoms with Crippen LogP contribution in [0.4, 0.5) is 5.69 Å². The summed E-state index contributed by atoms with van der Waals surface area (Å²) in [4.78, 5) is 12.2. The number of fused-ring (bicyclic) bond motifs is 1. The molecule has 0 saturated carbocycles. The Kier molecular flexibility index (Phi) is 5.87. The highest BCUT2D eigenvalue weighted by molar-refractivity contribution is 6.00. The molecule has 1 aliphatic heterocycles. The second-order valence-corrected chi connectivity index (χ2v) is 5.09. The predicted octanol–water partition coefficient (Wildman–Crippen LogP) is 2.59. The van der Waals surface area contributed by atoms with Crippen LogP contribution in [0.2, 0.25) is 0 Å². The minimum atomic E-state index is -0.0182. The zero-order valence-electron chi connectivity index (χ0n) is 12.2. The molecule has 1 aromatic carbocycles. The van der Waals surface area contributed by atoms with Gasteiger partial charge in [-0.3, -0.25) is 4.79 Å². The van der Waals surface area contributed by atoms with Crippen LogP contribution in [0, 0.1) is 0 Å². The first-order valence-corrected chi connectivity index (χ1v) is 7.54. The second-order valence-electron chi connectivity index (χ2n) is 5.09. The van der Waals surface area contributed by atoms with E-state index in [2.05, 4.69) is 23.6 Å². The number of benzene rings is 1. The van der Waals surface area contributed by atoms with E-state index >= 15 is 0 Å². The van der Waals surface area contributed by atoms with Gasteiger partial charge in [-0.05, 0) is 30.9 Å². The third kappa shape index (κ3) is 3.97. The van der Waals surface area contributed by atoms with Gasteiger partial charge in [-0.25, -0.2) is 0 Å². The molecule has 0 spiro atoms. The molecule has 20 heavy (non-hydrogen) atoms. The van der Waals surface area contributed by atoms with E-state index < -0.39 is 0 Å². The Morgan fingerprint density at radius 1 is 1.40 bits per heavy atom. The van der Waals surface area contributed by atoms with Crippen molar-refractivity contribution in [2.45, 2.75) is 32.6 Å². The van der Waals surface area contributed by atoms with Gasteiger partial charge in [0.2, 0.25) is 0 Å². The van der Waals surface area contributed by atoms with Crippen molar-refractivity contribution < 1.29 is 9.53 Å². The van der Waals surface area contributed by atoms with Crippen molar-refractivity contribution in [3.63, 3.8) is 0 Å². The zero-order valence-corrected chi connectivity index (χ0v) is 12.2. The van der Waals surface area contributed by atoms with Crippen molar-refractivity contribution >= 4 is 11.6 Å². The standard InChI is InChI=1S/C16H24N2O2/c1-2-3-11-20-12-10-18-16(19)14-8-4-6-13-7-5-9-17-15(13)14/h4,6,8,17H,2-3,5,7,9-12H2,1H3,(H,18,19). The molecule has 2 rings (SSSR count). The lowest BCUT2D eigenvalue weighted by atomic mass is 9.99. The lowest BCUT2D eigenvalue weighted by molar-refractivity contribution is 0.0913. The van der Waals surface area contributed by atoms with Gasteiger partial charge in [-0.2, -0.15) is 0 Å². The lowest BCUT2D eigenvalue weighted by Crippen LogP contribution is -2.29. The molecular weight excluding hydrogens is 252 g/mol. The van der Waals surface area contributed by atoms with E-state index in [1.165, 1.54) is 5.56 Å². The fourth-order valence-electron chi connectivity index (χ4n) is 2.38. The molecule has 0 saturated heterocycles. The Labute approximate surface area is 120 Å². The van der Waals surface area contributed by atoms with Crippen LogP contribution in [0.3, 0.4) is 0 Å². The minimum Gasteiger partial charge on any atom is -0.384 e. The van der Waals surface area contributed by atoms with Gasteiger partial charge in [0, 0.05) is 19.7 Å². The van der Waals surface area contributed by atoms with Crippen molar-refractivity contribution in [2.75, 3.05) is 31.6 Å². The fraction of sp³-hybridized carbons (Fsp3) is 0.562. The molecule has 0 aromatic heterocycles. The average molecular weight is 276 g/mol. The summed E-state index contributed by atoms with van der Waals surface area (Å²) < 4.78 is 5.44. The molecule has 1 heterocycles. The molecular formula is C16H24N2O2. The van der Waals surface area contributed by atoms with Crippen LogP contribution < -0.4 is 10.6 Å². The maximum absolute atomic E-state index is 12.2. The maximum atomic E-state index is 12.2. The summed E-state index contributed by atoms with van der Waals surface area (Å²) in [6, 6.07) is 5.93. The lowest BCUT2D eigenvalue weighted by Gasteiger charge is -2.20. The molecule has 0 aliphatic carbocycles. The SMILES string of the molecule is CCCCOCCNC(=O)c1cccc2c1NCCC2. The van der Waals surface area contributed by atoms with Crippen LogP contribution in [-0.4, -0.2) is 32.2 Å². The maximum Gasteiger partial charge on any atom is 0.253 e. The summed E-state index contributed by atoms with van der Waals surface area (Å²) in [5.74, 6) is -0.0182. The van der Waals surface area contributed by atoms with Crippen LogP contribution in [0.1, 0.15) is 42.1 Å². The van der Waals surface area contributed by atoms with E-state index in [1.807, 2.05) is 12.1 Å². The van der Waals surface area contributed by atoms with Crippen LogP contribution in [-0.2, 0) is 11.2 Å². The molecule has 1 aromatic rings. The highest BCUT2D eigenvalue weighted by atomic mass is 16.5. The smallest absolute Gasteiger partial charge is 0.253 e. The van der Waals surface area contributed by atoms with Crippen molar-refractivity contribution in [3.05, 3.63) is 29.3 Å². The first-order chi connectivity index (χ1) is 9.83. The van der Waals surface area contributed by atoms with Gasteiger partial charge >= 0.3 is 0 Å². The van der Waals surface area contributed by atoms with Gasteiger partial charge in [0.25, 0.3) is 5.91 Å². The largest absolute Gasteiger partial charge is 0.384 e. The topological polar surface area (TPSA) is 50.4 Å². The van der Waals surface area contributed by atoms with E-state index in [0.29, 0.717) is 13.2 Å². The van der Waals surface area contributed by atoms with Gasteiger partial charge in [0.15, 0.2) is 0 Å². The number of hydrogen-bond acceptors (Lipinski definition) is 3. The third-order valence-electron chi connectivity index (χ3n) is 3.49. The van der Waals surface area contributed by atoms with E-state index in [1.54, 1.807) is 0 Å². The molecule has 0 radical (unpaired) electrons. The number of rotatable bonds is 7. The van der Waals surface area contributed by atoms with Gasteiger partial charge in [0.1, 0.15) is 0 Å². The molecule has 0 fully saturated rings. The first-order valence-electron chi connectivity index (χ1n) is 7.54. The van der Waals surface area contributed by atoms with Crippen LogP contribution in [0.25, 0.3) is 0 Å². The Morgan fingerprint density at radius 2 is 2.30 bits per heavy atom. The Morgan fingerprint density at radius 3 is 3.15 bits per heavy atom. The van der Waals surface area contributed by atoms with E-state index in [4.69, 9.17) is 4.74 Å². The number of carbonyl (C=O) groups is 1. The quantitative estimate of drug-likeness (QED) is 0.753. The zero-order chi connectivity index (χ0) is 14.2. The van der Waals surface area contributed by atoms with Gasteiger partial charge in [-0.15, -0.1) is 0 Å². The summed E-state index contributed by atoms with van der Waals surface area (Å²) in [5.41, 5.74) is 2.99. The van der Waals surface area contributed by atoms with Crippen molar-refractivity contribution in [1.29, 1.82) is 0 Å². The Balaban J connectivity index is 1.83. The molecule has 0 unspecified atom stereocenters. The monoisotopic (exact) mass is 276 g/mol. The van der Waals surface area contributed by atoms with Crippen molar-refractivity contribution in [2.24, 2.45) is 0 Å². The van der Waals surface area contributed by atoms with E-state index in [9.17, 15) is 4.79 Å². The summed E-state index contributed by atoms with van der Waals surface area (Å²) in [6.07, 6.45) is 4.38. The molecule has 4 heteroatoms. The number of carbonyl (C=O) groups excluding carboxylic acids is 1. The van der Waals surface area contributed by atoms with Crippen LogP contribution >= 0.6 is 0 Å². The molecule has 4 nitrogen and oxygen atoms in total. The molecule has 110 valence electrons. The van der Waals surface area contributed by atoms with Gasteiger partial charge in [-0.1, -0.05) is 25.5 Å². The third-order valence-corrected chi connectivity index (χ3v) is 3.49. The number of amides is 1. The summed E-state index contributed by atoms with van der Waals surface area (Å²) >= 11 is 0. The normalized spacial score (nSPS) is 13.4. The number of para-hydroxylation sites is 1. The highest BCUT2D eigenvalue weighted by Crippen LogP contribution is 2.25. The number of anilines is 1. The Hall–Kier alpha value is -1.55. The summed E-state index contributed by atoms with van der Waals surface area (Å²) in [6.45, 7) is 4.99. The number of hydrogen-bond donors (Lipinski definition) is 2. The molecule has 1 aliphatic rings. The highest BCUT2D eigenvalue weighted by Gasteiger charge is 2.16. The summed E-state index contributed by atoms with van der Waals surface area (Å²) in [7, 11) is 0. The molecule has 1 amide bonds. The van der Waals surface area contributed by atoms with Crippen LogP contribution in [0.15, 0.2) is 18.2 Å². The molecule has 2 N–H and O–H groups in total. The number of nitrogens with one attached hydrogen (secondary N) is 2.